The maximum Gasteiger partial charge on any atom is 0.415 e. The van der Waals surface area contributed by atoms with Gasteiger partial charge < -0.3 is 19.2 Å². The lowest BCUT2D eigenvalue weighted by atomic mass is 10.1. The number of nitrogens with zero attached hydrogens (tertiary/aromatic N) is 2. The van der Waals surface area contributed by atoms with Gasteiger partial charge in [-0.3, -0.25) is 0 Å². The highest BCUT2D eigenvalue weighted by atomic mass is 16.6. The number of hydrogen-bond donors (Lipinski definition) is 1. The second-order valence-electron chi connectivity index (χ2n) is 6.34. The van der Waals surface area contributed by atoms with Gasteiger partial charge in [-0.2, -0.15) is 0 Å². The van der Waals surface area contributed by atoms with Crippen LogP contribution in [0.1, 0.15) is 54.2 Å². The van der Waals surface area contributed by atoms with Gasteiger partial charge in [-0.05, 0) is 24.5 Å². The summed E-state index contributed by atoms with van der Waals surface area (Å²) in [5.74, 6) is -0.562. The van der Waals surface area contributed by atoms with E-state index in [0.717, 1.165) is 0 Å². The van der Waals surface area contributed by atoms with E-state index in [4.69, 9.17) is 9.15 Å². The Bertz CT molecular complexity index is 769. The number of para-hydroxylation sites is 1. The molecule has 0 spiro atoms. The van der Waals surface area contributed by atoms with Crippen LogP contribution in [0.25, 0.3) is 0 Å². The number of benzene rings is 1. The van der Waals surface area contributed by atoms with E-state index >= 15 is 0 Å². The maximum atomic E-state index is 12.2. The summed E-state index contributed by atoms with van der Waals surface area (Å²) < 4.78 is 10.8. The monoisotopic (exact) mass is 344 g/mol. The quantitative estimate of drug-likeness (QED) is 0.912. The number of ether oxygens (including phenoxy) is 1. The molecule has 1 aromatic carbocycles. The molecule has 0 radical (unpaired) electrons. The predicted molar refractivity (Wildman–Crippen MR) is 88.9 cm³/mol. The highest BCUT2D eigenvalue weighted by molar-refractivity contribution is 5.85. The molecule has 3 rings (SSSR count). The average Bonchev–Trinajstić information content (AvgIpc) is 3.23. The number of carboxylic acid groups (broad SMARTS) is 1. The second-order valence-corrected chi connectivity index (χ2v) is 6.34. The third-order valence-electron chi connectivity index (χ3n) is 4.16. The van der Waals surface area contributed by atoms with Crippen LogP contribution in [0.15, 0.2) is 34.7 Å². The van der Waals surface area contributed by atoms with Crippen molar-refractivity contribution in [1.29, 1.82) is 0 Å². The van der Waals surface area contributed by atoms with Crippen molar-refractivity contribution in [2.45, 2.75) is 32.1 Å². The summed E-state index contributed by atoms with van der Waals surface area (Å²) in [5, 5.41) is 9.26. The third-order valence-corrected chi connectivity index (χ3v) is 4.16. The molecule has 1 aromatic heterocycles. The van der Waals surface area contributed by atoms with Crippen LogP contribution in [0, 0.1) is 0 Å². The number of aromatic carboxylic acids is 1. The summed E-state index contributed by atoms with van der Waals surface area (Å²) in [7, 11) is 0. The van der Waals surface area contributed by atoms with Crippen molar-refractivity contribution in [3.63, 3.8) is 0 Å². The van der Waals surface area contributed by atoms with Gasteiger partial charge in [0.1, 0.15) is 5.75 Å². The number of oxazole rings is 1. The summed E-state index contributed by atoms with van der Waals surface area (Å²) >= 11 is 0. The van der Waals surface area contributed by atoms with Gasteiger partial charge in [-0.25, -0.2) is 14.6 Å². The summed E-state index contributed by atoms with van der Waals surface area (Å²) in [4.78, 5) is 29.5. The van der Waals surface area contributed by atoms with Gasteiger partial charge in [-0.1, -0.05) is 32.0 Å². The van der Waals surface area contributed by atoms with Crippen molar-refractivity contribution in [2.75, 3.05) is 13.1 Å². The fraction of sp³-hybridized carbons (Fsp3) is 0.389. The Labute approximate surface area is 145 Å². The largest absolute Gasteiger partial charge is 0.475 e. The molecule has 1 amide bonds. The number of aromatic nitrogens is 1. The van der Waals surface area contributed by atoms with Gasteiger partial charge in [-0.15, -0.1) is 0 Å². The molecule has 7 heteroatoms. The fourth-order valence-corrected chi connectivity index (χ4v) is 2.85. The molecule has 1 saturated heterocycles. The Hall–Kier alpha value is -2.83. The first-order valence-electron chi connectivity index (χ1n) is 8.21. The Morgan fingerprint density at radius 1 is 1.32 bits per heavy atom. The molecule has 1 aliphatic rings. The van der Waals surface area contributed by atoms with Crippen LogP contribution in [-0.2, 0) is 0 Å². The zero-order valence-corrected chi connectivity index (χ0v) is 14.1. The molecule has 1 unspecified atom stereocenters. The van der Waals surface area contributed by atoms with Gasteiger partial charge >= 0.3 is 12.1 Å². The minimum Gasteiger partial charge on any atom is -0.475 e. The van der Waals surface area contributed by atoms with Gasteiger partial charge in [0.15, 0.2) is 0 Å². The molecule has 7 nitrogen and oxygen atoms in total. The Balaban J connectivity index is 1.69. The molecule has 2 heterocycles. The van der Waals surface area contributed by atoms with Crippen molar-refractivity contribution in [1.82, 2.24) is 9.88 Å². The van der Waals surface area contributed by atoms with Crippen molar-refractivity contribution >= 4 is 12.1 Å². The van der Waals surface area contributed by atoms with Crippen LogP contribution < -0.4 is 4.74 Å². The summed E-state index contributed by atoms with van der Waals surface area (Å²) in [6.45, 7) is 4.64. The summed E-state index contributed by atoms with van der Waals surface area (Å²) in [6.07, 6.45) is 0.226. The minimum atomic E-state index is -1.12. The van der Waals surface area contributed by atoms with Crippen molar-refractivity contribution < 1.29 is 23.8 Å². The lowest BCUT2D eigenvalue weighted by Crippen LogP contribution is -2.31. The topological polar surface area (TPSA) is 92.9 Å². The van der Waals surface area contributed by atoms with Crippen LogP contribution in [0.3, 0.4) is 0 Å². The molecule has 1 N–H and O–H groups in total. The lowest BCUT2D eigenvalue weighted by Gasteiger charge is -2.15. The van der Waals surface area contributed by atoms with E-state index < -0.39 is 12.1 Å². The van der Waals surface area contributed by atoms with Gasteiger partial charge in [0.05, 0.1) is 11.6 Å². The SMILES string of the molecule is CC(C)c1nc(C2CCN(C(=O)Oc3ccccc3)C2)oc1C(=O)O. The molecule has 2 aromatic rings. The second kappa shape index (κ2) is 6.96. The minimum absolute atomic E-state index is 0.0517. The standard InChI is InChI=1S/C18H20N2O5/c1-11(2)14-15(17(21)22)25-16(19-14)12-8-9-20(10-12)18(23)24-13-6-4-3-5-7-13/h3-7,11-12H,8-10H2,1-2H3,(H,21,22). The first-order valence-corrected chi connectivity index (χ1v) is 8.21. The number of carboxylic acids is 1. The van der Waals surface area contributed by atoms with E-state index in [1.54, 1.807) is 29.2 Å². The van der Waals surface area contributed by atoms with Crippen LogP contribution in [0.2, 0.25) is 0 Å². The van der Waals surface area contributed by atoms with Crippen LogP contribution in [0.4, 0.5) is 4.79 Å². The van der Waals surface area contributed by atoms with Crippen molar-refractivity contribution in [3.05, 3.63) is 47.7 Å². The predicted octanol–water partition coefficient (Wildman–Crippen LogP) is 3.48. The average molecular weight is 344 g/mol. The highest BCUT2D eigenvalue weighted by Crippen LogP contribution is 2.31. The molecule has 1 aliphatic heterocycles. The molecule has 132 valence electrons. The lowest BCUT2D eigenvalue weighted by molar-refractivity contribution is 0.0657. The summed E-state index contributed by atoms with van der Waals surface area (Å²) in [6, 6.07) is 8.87. The molecular formula is C18H20N2O5. The van der Waals surface area contributed by atoms with Crippen LogP contribution in [0.5, 0.6) is 5.75 Å². The molecule has 1 fully saturated rings. The molecular weight excluding hydrogens is 324 g/mol. The first-order chi connectivity index (χ1) is 12.0. The number of carbonyl (C=O) groups excluding carboxylic acids is 1. The van der Waals surface area contributed by atoms with Crippen molar-refractivity contribution in [2.24, 2.45) is 0 Å². The number of carbonyl (C=O) groups is 2. The molecule has 0 bridgehead atoms. The van der Waals surface area contributed by atoms with E-state index in [9.17, 15) is 14.7 Å². The first kappa shape index (κ1) is 17.0. The van der Waals surface area contributed by atoms with Crippen LogP contribution in [-0.4, -0.2) is 40.1 Å². The Morgan fingerprint density at radius 2 is 2.04 bits per heavy atom. The molecule has 0 saturated carbocycles. The number of hydrogen-bond acceptors (Lipinski definition) is 5. The van der Waals surface area contributed by atoms with E-state index in [2.05, 4.69) is 4.98 Å². The van der Waals surface area contributed by atoms with E-state index in [1.165, 1.54) is 0 Å². The Morgan fingerprint density at radius 3 is 2.64 bits per heavy atom. The molecule has 0 aliphatic carbocycles. The zero-order chi connectivity index (χ0) is 18.0. The Kier molecular flexibility index (Phi) is 4.74. The maximum absolute atomic E-state index is 12.2. The number of rotatable bonds is 4. The summed E-state index contributed by atoms with van der Waals surface area (Å²) in [5.41, 5.74) is 0.438. The zero-order valence-electron chi connectivity index (χ0n) is 14.1. The highest BCUT2D eigenvalue weighted by Gasteiger charge is 2.33. The van der Waals surface area contributed by atoms with E-state index in [0.29, 0.717) is 36.8 Å². The van der Waals surface area contributed by atoms with E-state index in [-0.39, 0.29) is 17.6 Å². The number of likely N-dealkylation sites (tertiary alicyclic amines) is 1. The van der Waals surface area contributed by atoms with Gasteiger partial charge in [0, 0.05) is 13.1 Å². The van der Waals surface area contributed by atoms with E-state index in [1.807, 2.05) is 19.9 Å². The fourth-order valence-electron chi connectivity index (χ4n) is 2.85. The number of amides is 1. The smallest absolute Gasteiger partial charge is 0.415 e. The molecule has 25 heavy (non-hydrogen) atoms. The normalized spacial score (nSPS) is 17.1. The van der Waals surface area contributed by atoms with Gasteiger partial charge in [0.25, 0.3) is 0 Å². The molecule has 1 atom stereocenters. The third kappa shape index (κ3) is 3.65. The van der Waals surface area contributed by atoms with Crippen LogP contribution >= 0.6 is 0 Å². The van der Waals surface area contributed by atoms with Gasteiger partial charge in [0.2, 0.25) is 11.7 Å². The van der Waals surface area contributed by atoms with Crippen molar-refractivity contribution in [3.8, 4) is 5.75 Å².